The lowest BCUT2D eigenvalue weighted by molar-refractivity contribution is 0.211. The number of hydrogen-bond donors (Lipinski definition) is 2. The van der Waals surface area contributed by atoms with Gasteiger partial charge in [-0.25, -0.2) is 0 Å². The quantitative estimate of drug-likeness (QED) is 0.631. The van der Waals surface area contributed by atoms with Gasteiger partial charge < -0.3 is 15.5 Å². The summed E-state index contributed by atoms with van der Waals surface area (Å²) in [6.07, 6.45) is 0.207. The van der Waals surface area contributed by atoms with E-state index in [-0.39, 0.29) is 11.1 Å². The van der Waals surface area contributed by atoms with Gasteiger partial charge in [0.05, 0.1) is 6.10 Å². The molecule has 1 aromatic carbocycles. The Morgan fingerprint density at radius 2 is 1.74 bits per heavy atom. The van der Waals surface area contributed by atoms with Gasteiger partial charge in [-0.1, -0.05) is 20.8 Å². The summed E-state index contributed by atoms with van der Waals surface area (Å²) < 4.78 is 6.30. The molecule has 0 aliphatic heterocycles. The molecule has 0 unspecified atom stereocenters. The summed E-state index contributed by atoms with van der Waals surface area (Å²) in [5, 5.41) is 3.64. The predicted molar refractivity (Wildman–Crippen MR) is 87.1 cm³/mol. The smallest absolute Gasteiger partial charge is 0.192 e. The average molecular weight is 280 g/mol. The Balaban J connectivity index is 2.48. The lowest BCUT2D eigenvalue weighted by Crippen LogP contribution is -2.44. The van der Waals surface area contributed by atoms with Crippen LogP contribution < -0.4 is 11.1 Å². The largest absolute Gasteiger partial charge is 0.412 e. The maximum absolute atomic E-state index is 6.30. The van der Waals surface area contributed by atoms with E-state index < -0.39 is 8.32 Å². The van der Waals surface area contributed by atoms with E-state index >= 15 is 0 Å². The van der Waals surface area contributed by atoms with Crippen molar-refractivity contribution in [2.24, 2.45) is 0 Å². The van der Waals surface area contributed by atoms with Crippen LogP contribution in [0.1, 0.15) is 27.7 Å². The second-order valence-corrected chi connectivity index (χ2v) is 11.4. The van der Waals surface area contributed by atoms with Crippen molar-refractivity contribution < 1.29 is 4.43 Å². The van der Waals surface area contributed by atoms with Gasteiger partial charge in [-0.15, -0.1) is 0 Å². The molecule has 0 saturated heterocycles. The lowest BCUT2D eigenvalue weighted by Gasteiger charge is -2.38. The molecule has 3 N–H and O–H groups in total. The highest BCUT2D eigenvalue weighted by molar-refractivity contribution is 6.74. The zero-order valence-corrected chi connectivity index (χ0v) is 14.1. The lowest BCUT2D eigenvalue weighted by atomic mass is 10.2. The summed E-state index contributed by atoms with van der Waals surface area (Å²) in [4.78, 5) is 0. The highest BCUT2D eigenvalue weighted by atomic mass is 28.4. The molecule has 1 rings (SSSR count). The van der Waals surface area contributed by atoms with Crippen LogP contribution in [0.5, 0.6) is 0 Å². The standard InChI is InChI=1S/C15H28N2OSi/c1-12(18-19(5,6)15(2,3)4)11-17-14-9-7-13(16)8-10-14/h7-10,12,17H,11,16H2,1-6H3/t12-/m1/s1. The van der Waals surface area contributed by atoms with Gasteiger partial charge in [0.15, 0.2) is 8.32 Å². The van der Waals surface area contributed by atoms with Gasteiger partial charge in [0.1, 0.15) is 0 Å². The fraction of sp³-hybridized carbons (Fsp3) is 0.600. The van der Waals surface area contributed by atoms with Crippen molar-refractivity contribution in [3.63, 3.8) is 0 Å². The molecule has 108 valence electrons. The number of nitrogen functional groups attached to an aromatic ring is 1. The third-order valence-corrected chi connectivity index (χ3v) is 8.41. The first-order valence-electron chi connectivity index (χ1n) is 6.89. The third kappa shape index (κ3) is 4.88. The molecule has 0 fully saturated rings. The molecule has 0 aromatic heterocycles. The Hall–Kier alpha value is -1.00. The normalized spacial score (nSPS) is 14.2. The zero-order chi connectivity index (χ0) is 14.7. The Labute approximate surface area is 118 Å². The van der Waals surface area contributed by atoms with Crippen molar-refractivity contribution in [1.29, 1.82) is 0 Å². The third-order valence-electron chi connectivity index (χ3n) is 3.81. The van der Waals surface area contributed by atoms with Gasteiger partial charge in [-0.3, -0.25) is 0 Å². The van der Waals surface area contributed by atoms with Gasteiger partial charge in [0.25, 0.3) is 0 Å². The van der Waals surface area contributed by atoms with Crippen molar-refractivity contribution >= 4 is 19.7 Å². The van der Waals surface area contributed by atoms with Crippen LogP contribution in [0.25, 0.3) is 0 Å². The number of hydrogen-bond acceptors (Lipinski definition) is 3. The van der Waals surface area contributed by atoms with Crippen molar-refractivity contribution in [3.05, 3.63) is 24.3 Å². The highest BCUT2D eigenvalue weighted by Gasteiger charge is 2.38. The van der Waals surface area contributed by atoms with E-state index in [1.54, 1.807) is 0 Å². The summed E-state index contributed by atoms with van der Waals surface area (Å²) in [6.45, 7) is 14.3. The predicted octanol–water partition coefficient (Wildman–Crippen LogP) is 4.09. The number of nitrogens with two attached hydrogens (primary N) is 1. The molecule has 3 nitrogen and oxygen atoms in total. The maximum atomic E-state index is 6.30. The maximum Gasteiger partial charge on any atom is 0.192 e. The molecular weight excluding hydrogens is 252 g/mol. The van der Waals surface area contributed by atoms with E-state index in [9.17, 15) is 0 Å². The second-order valence-electron chi connectivity index (χ2n) is 6.69. The molecular formula is C15H28N2OSi. The minimum Gasteiger partial charge on any atom is -0.412 e. The molecule has 4 heteroatoms. The van der Waals surface area contributed by atoms with E-state index in [4.69, 9.17) is 10.2 Å². The van der Waals surface area contributed by atoms with Gasteiger partial charge in [0.2, 0.25) is 0 Å². The van der Waals surface area contributed by atoms with Crippen LogP contribution in [-0.4, -0.2) is 21.0 Å². The van der Waals surface area contributed by atoms with Crippen LogP contribution in [0.2, 0.25) is 18.1 Å². The highest BCUT2D eigenvalue weighted by Crippen LogP contribution is 2.37. The summed E-state index contributed by atoms with van der Waals surface area (Å²) in [5.74, 6) is 0. The summed E-state index contributed by atoms with van der Waals surface area (Å²) in [7, 11) is -1.68. The van der Waals surface area contributed by atoms with E-state index in [1.807, 2.05) is 24.3 Å². The topological polar surface area (TPSA) is 47.3 Å². The van der Waals surface area contributed by atoms with Crippen LogP contribution in [0.15, 0.2) is 24.3 Å². The van der Waals surface area contributed by atoms with E-state index in [2.05, 4.69) is 46.1 Å². The van der Waals surface area contributed by atoms with Crippen molar-refractivity contribution in [1.82, 2.24) is 0 Å². The van der Waals surface area contributed by atoms with Crippen molar-refractivity contribution in [2.45, 2.75) is 51.9 Å². The fourth-order valence-electron chi connectivity index (χ4n) is 1.58. The fourth-order valence-corrected chi connectivity index (χ4v) is 3.03. The summed E-state index contributed by atoms with van der Waals surface area (Å²) in [5.41, 5.74) is 7.54. The van der Waals surface area contributed by atoms with Crippen LogP contribution in [0, 0.1) is 0 Å². The minimum atomic E-state index is -1.68. The molecule has 19 heavy (non-hydrogen) atoms. The minimum absolute atomic E-state index is 0.207. The molecule has 0 spiro atoms. The van der Waals surface area contributed by atoms with Crippen molar-refractivity contribution in [2.75, 3.05) is 17.6 Å². The molecule has 0 heterocycles. The van der Waals surface area contributed by atoms with Gasteiger partial charge in [-0.2, -0.15) is 0 Å². The number of nitrogens with one attached hydrogen (secondary N) is 1. The Kier molecular flexibility index (Phi) is 5.04. The van der Waals surface area contributed by atoms with E-state index in [0.29, 0.717) is 0 Å². The monoisotopic (exact) mass is 280 g/mol. The molecule has 0 radical (unpaired) electrons. The first kappa shape index (κ1) is 16.1. The van der Waals surface area contributed by atoms with E-state index in [1.165, 1.54) is 0 Å². The Morgan fingerprint density at radius 1 is 1.21 bits per heavy atom. The van der Waals surface area contributed by atoms with Crippen LogP contribution in [-0.2, 0) is 4.43 Å². The van der Waals surface area contributed by atoms with Crippen LogP contribution in [0.4, 0.5) is 11.4 Å². The Bertz CT molecular complexity index is 396. The average Bonchev–Trinajstić information content (AvgIpc) is 2.26. The number of anilines is 2. The van der Waals surface area contributed by atoms with Crippen LogP contribution in [0.3, 0.4) is 0 Å². The molecule has 0 aliphatic carbocycles. The second kappa shape index (κ2) is 5.97. The van der Waals surface area contributed by atoms with E-state index in [0.717, 1.165) is 17.9 Å². The molecule has 1 atom stereocenters. The molecule has 0 bridgehead atoms. The van der Waals surface area contributed by atoms with Crippen molar-refractivity contribution in [3.8, 4) is 0 Å². The first-order chi connectivity index (χ1) is 8.62. The first-order valence-corrected chi connectivity index (χ1v) is 9.80. The van der Waals surface area contributed by atoms with Gasteiger partial charge in [-0.05, 0) is 49.3 Å². The molecule has 0 saturated carbocycles. The van der Waals surface area contributed by atoms with Gasteiger partial charge in [0, 0.05) is 17.9 Å². The van der Waals surface area contributed by atoms with Crippen LogP contribution >= 0.6 is 0 Å². The summed E-state index contributed by atoms with van der Waals surface area (Å²) >= 11 is 0. The zero-order valence-electron chi connectivity index (χ0n) is 13.1. The number of rotatable bonds is 5. The molecule has 0 aliphatic rings. The van der Waals surface area contributed by atoms with Gasteiger partial charge >= 0.3 is 0 Å². The summed E-state index contributed by atoms with van der Waals surface area (Å²) in [6, 6.07) is 7.80. The Morgan fingerprint density at radius 3 is 2.21 bits per heavy atom. The SMILES string of the molecule is C[C@H](CNc1ccc(N)cc1)O[Si](C)(C)C(C)(C)C. The number of benzene rings is 1. The molecule has 0 amide bonds. The molecule has 1 aromatic rings.